The molecule has 39 heavy (non-hydrogen) atoms. The Bertz CT molecular complexity index is 1020. The molecule has 2 aliphatic rings. The summed E-state index contributed by atoms with van der Waals surface area (Å²) in [6.45, 7) is 14.3. The number of carbonyl (C=O) groups excluding carboxylic acids is 1. The second-order valence-corrected chi connectivity index (χ2v) is 13.4. The van der Waals surface area contributed by atoms with E-state index in [1.165, 1.54) is 50.2 Å². The Morgan fingerprint density at radius 2 is 1.85 bits per heavy atom. The molecule has 4 rings (SSSR count). The Balaban J connectivity index is 0.000000577. The van der Waals surface area contributed by atoms with Crippen molar-refractivity contribution in [3.05, 3.63) is 35.3 Å². The molecule has 0 bridgehead atoms. The summed E-state index contributed by atoms with van der Waals surface area (Å²) < 4.78 is 35.3. The molecule has 2 fully saturated rings. The minimum absolute atomic E-state index is 0.0539. The molecule has 2 heterocycles. The van der Waals surface area contributed by atoms with Crippen LogP contribution in [0.15, 0.2) is 30.5 Å². The van der Waals surface area contributed by atoms with Gasteiger partial charge in [-0.1, -0.05) is 79.4 Å². The molecule has 1 aromatic heterocycles. The van der Waals surface area contributed by atoms with Gasteiger partial charge in [0.1, 0.15) is 10.8 Å². The molecule has 8 heteroatoms. The summed E-state index contributed by atoms with van der Waals surface area (Å²) in [7, 11) is 1.44. The van der Waals surface area contributed by atoms with E-state index in [0.29, 0.717) is 29.6 Å². The van der Waals surface area contributed by atoms with Gasteiger partial charge in [0, 0.05) is 30.7 Å². The van der Waals surface area contributed by atoms with Crippen molar-refractivity contribution in [3.8, 4) is 16.3 Å². The van der Waals surface area contributed by atoms with Crippen molar-refractivity contribution >= 4 is 17.3 Å². The lowest BCUT2D eigenvalue weighted by Gasteiger charge is -2.47. The third kappa shape index (κ3) is 10.1. The Morgan fingerprint density at radius 3 is 2.36 bits per heavy atom. The molecule has 2 aromatic rings. The van der Waals surface area contributed by atoms with Crippen LogP contribution in [0.2, 0.25) is 0 Å². The van der Waals surface area contributed by atoms with Gasteiger partial charge in [-0.15, -0.1) is 11.3 Å². The van der Waals surface area contributed by atoms with Gasteiger partial charge >= 0.3 is 12.6 Å². The van der Waals surface area contributed by atoms with E-state index in [4.69, 9.17) is 4.74 Å². The Hall–Kier alpha value is -2.06. The van der Waals surface area contributed by atoms with Crippen molar-refractivity contribution in [3.63, 3.8) is 0 Å². The monoisotopic (exact) mass is 566 g/mol. The summed E-state index contributed by atoms with van der Waals surface area (Å²) in [5.74, 6) is 1.32. The topological polar surface area (TPSA) is 51.7 Å². The van der Waals surface area contributed by atoms with Gasteiger partial charge in [-0.25, -0.2) is 4.98 Å². The lowest BCUT2D eigenvalue weighted by Crippen LogP contribution is -2.52. The highest BCUT2D eigenvalue weighted by Gasteiger charge is 2.45. The standard InChI is InChI=1S/C23H30F2N2O3S.C5H10.C3H8/c1-22(2,3)15-10-23(4,20(28)29-5)14-27(12-15)13-16-11-26-19(31-16)17-8-6-7-9-18(17)30-21(24)25;1-5-3-2-4-5;1-3-2/h6-9,11,15,21H,10,12-14H2,1-5H3;5H,2-4H2,1H3;3H2,1-2H3. The number of alkyl halides is 2. The predicted octanol–water partition coefficient (Wildman–Crippen LogP) is 8.68. The second-order valence-electron chi connectivity index (χ2n) is 12.2. The molecule has 2 atom stereocenters. The van der Waals surface area contributed by atoms with Gasteiger partial charge in [0.2, 0.25) is 0 Å². The lowest BCUT2D eigenvalue weighted by atomic mass is 9.68. The Labute approximate surface area is 238 Å². The first-order valence-corrected chi connectivity index (χ1v) is 14.9. The summed E-state index contributed by atoms with van der Waals surface area (Å²) in [4.78, 5) is 20.3. The average molecular weight is 567 g/mol. The highest BCUT2D eigenvalue weighted by molar-refractivity contribution is 7.15. The third-order valence-corrected chi connectivity index (χ3v) is 8.33. The second kappa shape index (κ2) is 15.1. The van der Waals surface area contributed by atoms with Crippen LogP contribution in [0.5, 0.6) is 5.75 Å². The van der Waals surface area contributed by atoms with Crippen molar-refractivity contribution in [2.75, 3.05) is 20.2 Å². The van der Waals surface area contributed by atoms with Crippen molar-refractivity contribution in [2.45, 2.75) is 93.7 Å². The fourth-order valence-corrected chi connectivity index (χ4v) is 5.80. The fourth-order valence-electron chi connectivity index (χ4n) is 4.82. The zero-order valence-corrected chi connectivity index (χ0v) is 25.9. The van der Waals surface area contributed by atoms with E-state index >= 15 is 0 Å². The molecule has 1 saturated heterocycles. The number of esters is 1. The first-order valence-electron chi connectivity index (χ1n) is 14.1. The molecule has 220 valence electrons. The van der Waals surface area contributed by atoms with E-state index in [9.17, 15) is 13.6 Å². The highest BCUT2D eigenvalue weighted by atomic mass is 32.1. The molecule has 2 unspecified atom stereocenters. The number of hydrogen-bond donors (Lipinski definition) is 0. The molecular formula is C31H48F2N2O3S. The zero-order chi connectivity index (χ0) is 29.2. The number of para-hydroxylation sites is 1. The number of likely N-dealkylation sites (tertiary alicyclic amines) is 1. The maximum Gasteiger partial charge on any atom is 0.387 e. The van der Waals surface area contributed by atoms with Gasteiger partial charge in [0.15, 0.2) is 0 Å². The predicted molar refractivity (Wildman–Crippen MR) is 156 cm³/mol. The van der Waals surface area contributed by atoms with E-state index in [2.05, 4.69) is 56.2 Å². The lowest BCUT2D eigenvalue weighted by molar-refractivity contribution is -0.158. The van der Waals surface area contributed by atoms with Crippen LogP contribution >= 0.6 is 11.3 Å². The molecular weight excluding hydrogens is 518 g/mol. The number of nitrogens with zero attached hydrogens (tertiary/aromatic N) is 2. The Morgan fingerprint density at radius 1 is 1.23 bits per heavy atom. The smallest absolute Gasteiger partial charge is 0.387 e. The van der Waals surface area contributed by atoms with Gasteiger partial charge in [0.05, 0.1) is 18.1 Å². The number of ether oxygens (including phenoxy) is 2. The van der Waals surface area contributed by atoms with Crippen LogP contribution in [-0.2, 0) is 16.1 Å². The van der Waals surface area contributed by atoms with E-state index in [1.54, 1.807) is 24.4 Å². The molecule has 0 amide bonds. The quantitative estimate of drug-likeness (QED) is 0.327. The average Bonchev–Trinajstić information content (AvgIpc) is 3.30. The largest absolute Gasteiger partial charge is 0.469 e. The molecule has 0 N–H and O–H groups in total. The van der Waals surface area contributed by atoms with Crippen molar-refractivity contribution in [2.24, 2.45) is 22.7 Å². The number of rotatable bonds is 6. The highest BCUT2D eigenvalue weighted by Crippen LogP contribution is 2.43. The first-order chi connectivity index (χ1) is 18.3. The van der Waals surface area contributed by atoms with E-state index in [-0.39, 0.29) is 17.1 Å². The summed E-state index contributed by atoms with van der Waals surface area (Å²) >= 11 is 1.45. The van der Waals surface area contributed by atoms with Gasteiger partial charge in [-0.3, -0.25) is 9.69 Å². The van der Waals surface area contributed by atoms with Crippen LogP contribution in [-0.4, -0.2) is 42.7 Å². The number of methoxy groups -OCH3 is 1. The Kier molecular flexibility index (Phi) is 12.8. The maximum absolute atomic E-state index is 12.7. The molecule has 1 aliphatic carbocycles. The van der Waals surface area contributed by atoms with Crippen LogP contribution in [0.25, 0.3) is 10.6 Å². The third-order valence-electron chi connectivity index (χ3n) is 7.31. The maximum atomic E-state index is 12.7. The van der Waals surface area contributed by atoms with E-state index < -0.39 is 12.0 Å². The number of thiazole rings is 1. The number of piperidine rings is 1. The van der Waals surface area contributed by atoms with Crippen molar-refractivity contribution < 1.29 is 23.0 Å². The van der Waals surface area contributed by atoms with Gasteiger partial charge < -0.3 is 9.47 Å². The van der Waals surface area contributed by atoms with Gasteiger partial charge in [-0.2, -0.15) is 8.78 Å². The first kappa shape index (κ1) is 33.1. The van der Waals surface area contributed by atoms with Crippen molar-refractivity contribution in [1.82, 2.24) is 9.88 Å². The zero-order valence-electron chi connectivity index (χ0n) is 25.1. The number of carbonyl (C=O) groups is 1. The fraction of sp³-hybridized carbons (Fsp3) is 0.677. The minimum Gasteiger partial charge on any atom is -0.469 e. The summed E-state index contributed by atoms with van der Waals surface area (Å²) in [5, 5.41) is 0.631. The molecule has 5 nitrogen and oxygen atoms in total. The van der Waals surface area contributed by atoms with Crippen LogP contribution in [0.4, 0.5) is 8.78 Å². The summed E-state index contributed by atoms with van der Waals surface area (Å²) in [6.07, 6.45) is 8.27. The molecule has 1 saturated carbocycles. The van der Waals surface area contributed by atoms with Crippen molar-refractivity contribution in [1.29, 1.82) is 0 Å². The molecule has 0 spiro atoms. The van der Waals surface area contributed by atoms with Crippen LogP contribution in [0.3, 0.4) is 0 Å². The van der Waals surface area contributed by atoms with Gasteiger partial charge in [-0.05, 0) is 42.7 Å². The summed E-state index contributed by atoms with van der Waals surface area (Å²) in [6, 6.07) is 6.67. The number of aromatic nitrogens is 1. The normalized spacial score (nSPS) is 21.7. The van der Waals surface area contributed by atoms with Crippen LogP contribution in [0.1, 0.15) is 85.4 Å². The minimum atomic E-state index is -2.89. The number of benzene rings is 1. The van der Waals surface area contributed by atoms with E-state index in [0.717, 1.165) is 23.8 Å². The molecule has 0 radical (unpaired) electrons. The number of hydrogen-bond acceptors (Lipinski definition) is 6. The molecule has 1 aromatic carbocycles. The summed E-state index contributed by atoms with van der Waals surface area (Å²) in [5.41, 5.74) is 0.0267. The number of halogens is 2. The molecule has 1 aliphatic heterocycles. The van der Waals surface area contributed by atoms with Gasteiger partial charge in [0.25, 0.3) is 0 Å². The SMILES string of the molecule is CC1CCC1.CCC.COC(=O)C1(C)CC(C(C)(C)C)CN(Cc2cnc(-c3ccccc3OC(F)F)s2)C1. The van der Waals surface area contributed by atoms with Crippen LogP contribution in [0, 0.1) is 22.7 Å². The van der Waals surface area contributed by atoms with E-state index in [1.807, 2.05) is 6.92 Å². The van der Waals surface area contributed by atoms with Crippen LogP contribution < -0.4 is 4.74 Å².